The lowest BCUT2D eigenvalue weighted by molar-refractivity contribution is -0.133. The Morgan fingerprint density at radius 3 is 2.52 bits per heavy atom. The van der Waals surface area contributed by atoms with Gasteiger partial charge in [-0.25, -0.2) is 0 Å². The van der Waals surface area contributed by atoms with E-state index in [0.717, 1.165) is 57.2 Å². The van der Waals surface area contributed by atoms with Crippen molar-refractivity contribution in [1.82, 2.24) is 4.90 Å². The molecule has 1 aromatic rings. The van der Waals surface area contributed by atoms with Crippen LogP contribution in [0.15, 0.2) is 18.2 Å². The lowest BCUT2D eigenvalue weighted by Crippen LogP contribution is -2.37. The maximum absolute atomic E-state index is 12.6. The minimum atomic E-state index is 0.0963. The van der Waals surface area contributed by atoms with Crippen molar-refractivity contribution in [1.29, 1.82) is 0 Å². The molecular formula is C21H30N2O2. The van der Waals surface area contributed by atoms with Gasteiger partial charge in [0.2, 0.25) is 11.8 Å². The van der Waals surface area contributed by atoms with Crippen LogP contribution in [0, 0.1) is 11.8 Å². The Morgan fingerprint density at radius 1 is 1.16 bits per heavy atom. The maximum Gasteiger partial charge on any atom is 0.227 e. The zero-order valence-electron chi connectivity index (χ0n) is 15.5. The van der Waals surface area contributed by atoms with Gasteiger partial charge in [0.05, 0.1) is 0 Å². The van der Waals surface area contributed by atoms with Gasteiger partial charge in [-0.15, -0.1) is 0 Å². The van der Waals surface area contributed by atoms with E-state index in [2.05, 4.69) is 31.3 Å². The third kappa shape index (κ3) is 4.42. The topological polar surface area (TPSA) is 49.4 Å². The fourth-order valence-corrected chi connectivity index (χ4v) is 3.76. The fourth-order valence-electron chi connectivity index (χ4n) is 3.76. The molecule has 4 heteroatoms. The number of hydrogen-bond donors (Lipinski definition) is 1. The minimum Gasteiger partial charge on any atom is -0.338 e. The number of benzene rings is 1. The van der Waals surface area contributed by atoms with Crippen LogP contribution in [0.4, 0.5) is 5.69 Å². The molecule has 0 unspecified atom stereocenters. The molecule has 1 aromatic carbocycles. The highest BCUT2D eigenvalue weighted by atomic mass is 16.2. The van der Waals surface area contributed by atoms with E-state index in [1.54, 1.807) is 0 Å². The second kappa shape index (κ2) is 8.03. The van der Waals surface area contributed by atoms with Gasteiger partial charge < -0.3 is 10.2 Å². The number of carbonyl (C=O) groups is 2. The largest absolute Gasteiger partial charge is 0.338 e. The number of rotatable bonds is 7. The van der Waals surface area contributed by atoms with E-state index in [1.165, 1.54) is 11.1 Å². The summed E-state index contributed by atoms with van der Waals surface area (Å²) >= 11 is 0. The van der Waals surface area contributed by atoms with Crippen molar-refractivity contribution in [2.24, 2.45) is 11.8 Å². The highest BCUT2D eigenvalue weighted by molar-refractivity contribution is 5.92. The van der Waals surface area contributed by atoms with Gasteiger partial charge in [0, 0.05) is 30.6 Å². The van der Waals surface area contributed by atoms with Crippen LogP contribution in [0.2, 0.25) is 0 Å². The van der Waals surface area contributed by atoms with Gasteiger partial charge in [0.1, 0.15) is 0 Å². The molecule has 0 atom stereocenters. The van der Waals surface area contributed by atoms with Gasteiger partial charge in [-0.05, 0) is 55.4 Å². The molecule has 2 amide bonds. The lowest BCUT2D eigenvalue weighted by Gasteiger charge is -2.29. The average Bonchev–Trinajstić information content (AvgIpc) is 3.45. The first-order chi connectivity index (χ1) is 12.1. The first-order valence-corrected chi connectivity index (χ1v) is 9.83. The monoisotopic (exact) mass is 342 g/mol. The van der Waals surface area contributed by atoms with E-state index in [9.17, 15) is 9.59 Å². The molecule has 1 heterocycles. The van der Waals surface area contributed by atoms with E-state index in [1.807, 2.05) is 11.0 Å². The van der Waals surface area contributed by atoms with Crippen molar-refractivity contribution in [2.45, 2.75) is 65.3 Å². The number of carbonyl (C=O) groups excluding carboxylic acids is 2. The summed E-state index contributed by atoms with van der Waals surface area (Å²) in [4.78, 5) is 26.9. The van der Waals surface area contributed by atoms with Crippen molar-refractivity contribution in [3.8, 4) is 0 Å². The number of hydrogen-bond acceptors (Lipinski definition) is 2. The molecule has 1 fully saturated rings. The van der Waals surface area contributed by atoms with Gasteiger partial charge in [-0.3, -0.25) is 9.59 Å². The Kier molecular flexibility index (Phi) is 5.77. The van der Waals surface area contributed by atoms with Gasteiger partial charge >= 0.3 is 0 Å². The first kappa shape index (κ1) is 18.0. The van der Waals surface area contributed by atoms with Crippen molar-refractivity contribution in [3.05, 3.63) is 29.3 Å². The van der Waals surface area contributed by atoms with Crippen LogP contribution < -0.4 is 5.32 Å². The molecule has 0 saturated heterocycles. The molecule has 0 aromatic heterocycles. The molecule has 4 nitrogen and oxygen atoms in total. The fraction of sp³-hybridized carbons (Fsp3) is 0.619. The van der Waals surface area contributed by atoms with Crippen LogP contribution in [0.25, 0.3) is 0 Å². The molecule has 25 heavy (non-hydrogen) atoms. The second-order valence-corrected chi connectivity index (χ2v) is 7.53. The Labute approximate surface area is 151 Å². The van der Waals surface area contributed by atoms with Crippen molar-refractivity contribution in [2.75, 3.05) is 11.9 Å². The molecule has 136 valence electrons. The summed E-state index contributed by atoms with van der Waals surface area (Å²) in [5.74, 6) is 0.809. The van der Waals surface area contributed by atoms with Crippen molar-refractivity contribution in [3.63, 3.8) is 0 Å². The molecule has 0 bridgehead atoms. The third-order valence-corrected chi connectivity index (χ3v) is 5.37. The molecule has 0 spiro atoms. The number of nitrogens with one attached hydrogen (secondary N) is 1. The van der Waals surface area contributed by atoms with Crippen LogP contribution in [0.3, 0.4) is 0 Å². The Hall–Kier alpha value is -1.84. The zero-order valence-corrected chi connectivity index (χ0v) is 15.5. The number of fused-ring (bicyclic) bond motifs is 1. The van der Waals surface area contributed by atoms with Gasteiger partial charge in [0.15, 0.2) is 0 Å². The summed E-state index contributed by atoms with van der Waals surface area (Å²) in [5.41, 5.74) is 3.35. The van der Waals surface area contributed by atoms with E-state index >= 15 is 0 Å². The molecule has 0 radical (unpaired) electrons. The van der Waals surface area contributed by atoms with Crippen LogP contribution in [0.5, 0.6) is 0 Å². The number of nitrogens with zero attached hydrogens (tertiary/aromatic N) is 1. The number of anilines is 1. The third-order valence-electron chi connectivity index (χ3n) is 5.37. The average molecular weight is 342 g/mol. The van der Waals surface area contributed by atoms with Crippen LogP contribution in [-0.4, -0.2) is 23.3 Å². The SMILES string of the molecule is CCCC(CCC)C(=O)Nc1ccc2c(c1)CN(C(=O)C1CC1)CC2. The molecule has 3 rings (SSSR count). The Morgan fingerprint density at radius 2 is 1.88 bits per heavy atom. The zero-order chi connectivity index (χ0) is 17.8. The molecule has 1 aliphatic carbocycles. The van der Waals surface area contributed by atoms with Crippen LogP contribution >= 0.6 is 0 Å². The number of amides is 2. The first-order valence-electron chi connectivity index (χ1n) is 9.83. The standard InChI is InChI=1S/C21H30N2O2/c1-3-5-16(6-4-2)20(24)22-19-10-9-15-11-12-23(14-18(15)13-19)21(25)17-7-8-17/h9-10,13,16-17H,3-8,11-12,14H2,1-2H3,(H,22,24). The molecular weight excluding hydrogens is 312 g/mol. The van der Waals surface area contributed by atoms with E-state index in [0.29, 0.717) is 12.5 Å². The minimum absolute atomic E-state index is 0.0963. The molecule has 1 aliphatic heterocycles. The smallest absolute Gasteiger partial charge is 0.227 e. The maximum atomic E-state index is 12.6. The van der Waals surface area contributed by atoms with Crippen LogP contribution in [0.1, 0.15) is 63.5 Å². The highest BCUT2D eigenvalue weighted by Crippen LogP contribution is 2.33. The summed E-state index contributed by atoms with van der Waals surface area (Å²) in [6, 6.07) is 6.18. The van der Waals surface area contributed by atoms with E-state index in [-0.39, 0.29) is 17.7 Å². The summed E-state index contributed by atoms with van der Waals surface area (Å²) in [6.07, 6.45) is 6.95. The van der Waals surface area contributed by atoms with Crippen molar-refractivity contribution < 1.29 is 9.59 Å². The molecule has 1 N–H and O–H groups in total. The summed E-state index contributed by atoms with van der Waals surface area (Å²) in [5, 5.41) is 3.10. The highest BCUT2D eigenvalue weighted by Gasteiger charge is 2.34. The van der Waals surface area contributed by atoms with Gasteiger partial charge in [-0.2, -0.15) is 0 Å². The normalized spacial score (nSPS) is 16.7. The lowest BCUT2D eigenvalue weighted by atomic mass is 9.96. The summed E-state index contributed by atoms with van der Waals surface area (Å²) < 4.78 is 0. The second-order valence-electron chi connectivity index (χ2n) is 7.53. The predicted octanol–water partition coefficient (Wildman–Crippen LogP) is 4.14. The molecule has 1 saturated carbocycles. The van der Waals surface area contributed by atoms with Crippen LogP contribution in [-0.2, 0) is 22.6 Å². The van der Waals surface area contributed by atoms with Gasteiger partial charge in [0.25, 0.3) is 0 Å². The van der Waals surface area contributed by atoms with Crippen molar-refractivity contribution >= 4 is 17.5 Å². The Bertz CT molecular complexity index is 631. The summed E-state index contributed by atoms with van der Waals surface area (Å²) in [6.45, 7) is 5.76. The summed E-state index contributed by atoms with van der Waals surface area (Å²) in [7, 11) is 0. The molecule has 2 aliphatic rings. The van der Waals surface area contributed by atoms with Gasteiger partial charge in [-0.1, -0.05) is 32.8 Å². The quantitative estimate of drug-likeness (QED) is 0.810. The predicted molar refractivity (Wildman–Crippen MR) is 100 cm³/mol. The van der Waals surface area contributed by atoms with E-state index in [4.69, 9.17) is 0 Å². The van der Waals surface area contributed by atoms with E-state index < -0.39 is 0 Å². The Balaban J connectivity index is 1.67.